The van der Waals surface area contributed by atoms with Gasteiger partial charge in [-0.3, -0.25) is 0 Å². The zero-order chi connectivity index (χ0) is 13.1. The summed E-state index contributed by atoms with van der Waals surface area (Å²) in [5.74, 6) is 2.19. The summed E-state index contributed by atoms with van der Waals surface area (Å²) >= 11 is 3.54. The van der Waals surface area contributed by atoms with Crippen molar-refractivity contribution in [3.63, 3.8) is 0 Å². The summed E-state index contributed by atoms with van der Waals surface area (Å²) in [6.45, 7) is 0. The lowest BCUT2D eigenvalue weighted by Crippen LogP contribution is -2.00. The van der Waals surface area contributed by atoms with Crippen LogP contribution in [0.25, 0.3) is 0 Å². The lowest BCUT2D eigenvalue weighted by molar-refractivity contribution is 0.414. The molecule has 3 heteroatoms. The van der Waals surface area contributed by atoms with E-state index in [2.05, 4.69) is 47.2 Å². The van der Waals surface area contributed by atoms with Crippen molar-refractivity contribution in [1.82, 2.24) is 0 Å². The Balaban J connectivity index is 2.04. The number of hydrogen-bond acceptors (Lipinski definition) is 3. The highest BCUT2D eigenvalue weighted by Gasteiger charge is 2.19. The van der Waals surface area contributed by atoms with Crippen LogP contribution in [-0.4, -0.2) is 7.11 Å². The van der Waals surface area contributed by atoms with Crippen molar-refractivity contribution in [3.05, 3.63) is 80.5 Å². The molecule has 95 valence electrons. The van der Waals surface area contributed by atoms with Crippen LogP contribution in [0, 0.1) is 5.92 Å². The topological polar surface area (TPSA) is 9.23 Å². The van der Waals surface area contributed by atoms with Gasteiger partial charge in [0.25, 0.3) is 0 Å². The second kappa shape index (κ2) is 5.59. The Morgan fingerprint density at radius 1 is 0.842 bits per heavy atom. The number of methoxy groups -OCH3 is 1. The van der Waals surface area contributed by atoms with Crippen molar-refractivity contribution >= 4 is 22.7 Å². The first-order valence-electron chi connectivity index (χ1n) is 5.97. The van der Waals surface area contributed by atoms with Crippen molar-refractivity contribution in [1.29, 1.82) is 0 Å². The molecule has 1 aromatic carbocycles. The molecule has 0 atom stereocenters. The molecule has 0 N–H and O–H groups in total. The molecule has 0 spiro atoms. The highest BCUT2D eigenvalue weighted by atomic mass is 32.1. The molecule has 1 radical (unpaired) electrons. The average Bonchev–Trinajstić information content (AvgIpc) is 3.13. The highest BCUT2D eigenvalue weighted by Crippen LogP contribution is 2.36. The highest BCUT2D eigenvalue weighted by molar-refractivity contribution is 7.12. The molecular formula is C16H13OS2. The van der Waals surface area contributed by atoms with Gasteiger partial charge in [0.1, 0.15) is 5.75 Å². The van der Waals surface area contributed by atoms with Gasteiger partial charge in [-0.1, -0.05) is 24.3 Å². The van der Waals surface area contributed by atoms with Gasteiger partial charge >= 0.3 is 0 Å². The van der Waals surface area contributed by atoms with Crippen LogP contribution in [0.15, 0.2) is 59.3 Å². The van der Waals surface area contributed by atoms with Crippen LogP contribution < -0.4 is 4.74 Å². The normalized spacial score (nSPS) is 10.8. The van der Waals surface area contributed by atoms with Crippen molar-refractivity contribution in [2.45, 2.75) is 0 Å². The second-order valence-corrected chi connectivity index (χ2v) is 5.95. The van der Waals surface area contributed by atoms with Gasteiger partial charge in [-0.15, -0.1) is 22.7 Å². The average molecular weight is 285 g/mol. The first-order valence-corrected chi connectivity index (χ1v) is 7.73. The fourth-order valence-corrected chi connectivity index (χ4v) is 3.68. The summed E-state index contributed by atoms with van der Waals surface area (Å²) in [5, 5.41) is 4.24. The quantitative estimate of drug-likeness (QED) is 0.666. The van der Waals surface area contributed by atoms with E-state index in [1.807, 2.05) is 12.1 Å². The van der Waals surface area contributed by atoms with E-state index in [0.29, 0.717) is 0 Å². The van der Waals surface area contributed by atoms with Crippen LogP contribution in [0.1, 0.15) is 15.3 Å². The van der Waals surface area contributed by atoms with Crippen LogP contribution in [0.2, 0.25) is 0 Å². The summed E-state index contributed by atoms with van der Waals surface area (Å²) in [5.41, 5.74) is 1.23. The van der Waals surface area contributed by atoms with Crippen LogP contribution in [-0.2, 0) is 0 Å². The van der Waals surface area contributed by atoms with Crippen LogP contribution in [0.3, 0.4) is 0 Å². The van der Waals surface area contributed by atoms with Gasteiger partial charge in [0, 0.05) is 9.75 Å². The van der Waals surface area contributed by atoms with E-state index < -0.39 is 0 Å². The van der Waals surface area contributed by atoms with Crippen molar-refractivity contribution in [3.8, 4) is 5.75 Å². The van der Waals surface area contributed by atoms with E-state index in [4.69, 9.17) is 4.74 Å². The molecule has 3 rings (SSSR count). The van der Waals surface area contributed by atoms with Crippen molar-refractivity contribution < 1.29 is 4.74 Å². The van der Waals surface area contributed by atoms with Gasteiger partial charge in [-0.25, -0.2) is 0 Å². The largest absolute Gasteiger partial charge is 0.497 e. The predicted molar refractivity (Wildman–Crippen MR) is 82.2 cm³/mol. The Kier molecular flexibility index (Phi) is 3.67. The molecule has 0 bridgehead atoms. The minimum absolute atomic E-state index is 0.889. The van der Waals surface area contributed by atoms with Gasteiger partial charge in [-0.2, -0.15) is 0 Å². The molecule has 0 aliphatic carbocycles. The molecule has 2 aromatic heterocycles. The lowest BCUT2D eigenvalue weighted by Gasteiger charge is -2.14. The van der Waals surface area contributed by atoms with Gasteiger partial charge in [0.2, 0.25) is 0 Å². The van der Waals surface area contributed by atoms with Crippen molar-refractivity contribution in [2.24, 2.45) is 0 Å². The number of thiophene rings is 2. The van der Waals surface area contributed by atoms with Gasteiger partial charge in [0.05, 0.1) is 13.0 Å². The van der Waals surface area contributed by atoms with E-state index >= 15 is 0 Å². The zero-order valence-corrected chi connectivity index (χ0v) is 12.1. The molecule has 0 saturated carbocycles. The van der Waals surface area contributed by atoms with E-state index in [1.165, 1.54) is 21.2 Å². The Bertz CT molecular complexity index is 575. The van der Waals surface area contributed by atoms with E-state index in [-0.39, 0.29) is 0 Å². The Morgan fingerprint density at radius 2 is 1.42 bits per heavy atom. The SMILES string of the molecule is COc1ccc([C](c2cccs2)c2cccs2)cc1. The maximum Gasteiger partial charge on any atom is 0.118 e. The third kappa shape index (κ3) is 2.57. The van der Waals surface area contributed by atoms with Crippen molar-refractivity contribution in [2.75, 3.05) is 7.11 Å². The molecule has 0 saturated heterocycles. The van der Waals surface area contributed by atoms with Crippen LogP contribution in [0.5, 0.6) is 5.75 Å². The van der Waals surface area contributed by atoms with E-state index in [9.17, 15) is 0 Å². The molecule has 3 aromatic rings. The molecule has 2 heterocycles. The van der Waals surface area contributed by atoms with Gasteiger partial charge in [-0.05, 0) is 40.6 Å². The summed E-state index contributed by atoms with van der Waals surface area (Å²) in [4.78, 5) is 2.60. The summed E-state index contributed by atoms with van der Waals surface area (Å²) < 4.78 is 5.23. The monoisotopic (exact) mass is 285 g/mol. The summed E-state index contributed by atoms with van der Waals surface area (Å²) in [6.07, 6.45) is 0. The molecule has 0 aliphatic rings. The fourth-order valence-electron chi connectivity index (χ4n) is 2.01. The minimum Gasteiger partial charge on any atom is -0.497 e. The number of ether oxygens (including phenoxy) is 1. The third-order valence-electron chi connectivity index (χ3n) is 2.91. The molecular weight excluding hydrogens is 272 g/mol. The molecule has 19 heavy (non-hydrogen) atoms. The van der Waals surface area contributed by atoms with E-state index in [1.54, 1.807) is 29.8 Å². The van der Waals surface area contributed by atoms with Gasteiger partial charge in [0.15, 0.2) is 0 Å². The number of benzene rings is 1. The molecule has 0 aliphatic heterocycles. The first-order chi connectivity index (χ1) is 9.38. The Hall–Kier alpha value is -1.58. The first kappa shape index (κ1) is 12.5. The standard InChI is InChI=1S/C16H13OS2/c1-17-13-8-6-12(7-9-13)16(14-4-2-10-18-14)15-5-3-11-19-15/h2-11H,1H3. The molecule has 0 amide bonds. The van der Waals surface area contributed by atoms with Crippen LogP contribution in [0.4, 0.5) is 0 Å². The fraction of sp³-hybridized carbons (Fsp3) is 0.0625. The zero-order valence-electron chi connectivity index (χ0n) is 10.5. The predicted octanol–water partition coefficient (Wildman–Crippen LogP) is 4.84. The number of hydrogen-bond donors (Lipinski definition) is 0. The Labute approximate surface area is 121 Å². The maximum atomic E-state index is 5.23. The van der Waals surface area contributed by atoms with E-state index in [0.717, 1.165) is 5.75 Å². The number of rotatable bonds is 4. The molecule has 1 nitrogen and oxygen atoms in total. The lowest BCUT2D eigenvalue weighted by atomic mass is 9.96. The Morgan fingerprint density at radius 3 is 1.84 bits per heavy atom. The molecule has 0 fully saturated rings. The van der Waals surface area contributed by atoms with Crippen LogP contribution >= 0.6 is 22.7 Å². The maximum absolute atomic E-state index is 5.23. The summed E-state index contributed by atoms with van der Waals surface area (Å²) in [7, 11) is 1.69. The molecule has 0 unspecified atom stereocenters. The second-order valence-electron chi connectivity index (χ2n) is 4.06. The minimum atomic E-state index is 0.889. The summed E-state index contributed by atoms with van der Waals surface area (Å²) in [6, 6.07) is 16.8. The smallest absolute Gasteiger partial charge is 0.118 e. The van der Waals surface area contributed by atoms with Gasteiger partial charge < -0.3 is 4.74 Å². The third-order valence-corrected chi connectivity index (χ3v) is 4.69.